The van der Waals surface area contributed by atoms with Crippen molar-refractivity contribution in [3.8, 4) is 0 Å². The lowest BCUT2D eigenvalue weighted by Crippen LogP contribution is -2.37. The molecular weight excluding hydrogens is 399 g/mol. The summed E-state index contributed by atoms with van der Waals surface area (Å²) in [4.78, 5) is 27.9. The van der Waals surface area contributed by atoms with Crippen molar-refractivity contribution in [2.75, 3.05) is 24.7 Å². The molecule has 2 heterocycles. The van der Waals surface area contributed by atoms with Crippen LogP contribution in [0.3, 0.4) is 0 Å². The SMILES string of the molecule is O=C([O-])COCC(=O)N=C1S[C@H]2CS(=O)(=O)C[C@@H]2N1Cc1ccc(F)cc1. The van der Waals surface area contributed by atoms with Crippen molar-refractivity contribution in [1.29, 1.82) is 0 Å². The zero-order valence-corrected chi connectivity index (χ0v) is 15.7. The second-order valence-electron chi connectivity index (χ2n) is 6.21. The van der Waals surface area contributed by atoms with E-state index in [0.717, 1.165) is 5.56 Å². The van der Waals surface area contributed by atoms with Crippen LogP contribution in [0.25, 0.3) is 0 Å². The van der Waals surface area contributed by atoms with Crippen molar-refractivity contribution in [3.63, 3.8) is 0 Å². The van der Waals surface area contributed by atoms with Crippen LogP contribution in [0.5, 0.6) is 0 Å². The number of ether oxygens (including phenoxy) is 1. The molecule has 2 saturated heterocycles. The van der Waals surface area contributed by atoms with Gasteiger partial charge < -0.3 is 19.5 Å². The van der Waals surface area contributed by atoms with Gasteiger partial charge in [0.2, 0.25) is 0 Å². The molecule has 146 valence electrons. The number of hydrogen-bond acceptors (Lipinski definition) is 7. The fraction of sp³-hybridized carbons (Fsp3) is 0.438. The third kappa shape index (κ3) is 5.05. The molecule has 0 aromatic heterocycles. The third-order valence-corrected chi connectivity index (χ3v) is 7.35. The number of carbonyl (C=O) groups is 2. The Hall–Kier alpha value is -1.98. The number of aliphatic imine (C=N–C) groups is 1. The summed E-state index contributed by atoms with van der Waals surface area (Å²) in [5.74, 6) is -2.55. The minimum atomic E-state index is -3.17. The van der Waals surface area contributed by atoms with Gasteiger partial charge in [-0.3, -0.25) is 4.79 Å². The molecule has 11 heteroatoms. The average molecular weight is 415 g/mol. The molecule has 0 aliphatic carbocycles. The van der Waals surface area contributed by atoms with Gasteiger partial charge in [0.05, 0.1) is 30.1 Å². The normalized spacial score (nSPS) is 24.9. The summed E-state index contributed by atoms with van der Waals surface area (Å²) in [6.45, 7) is -0.960. The van der Waals surface area contributed by atoms with Crippen LogP contribution in [-0.2, 0) is 30.7 Å². The number of amides is 1. The second kappa shape index (κ2) is 7.95. The number of amidine groups is 1. The molecule has 2 aliphatic rings. The second-order valence-corrected chi connectivity index (χ2v) is 9.57. The summed E-state index contributed by atoms with van der Waals surface area (Å²) in [6.07, 6.45) is 0. The van der Waals surface area contributed by atoms with E-state index in [9.17, 15) is 27.5 Å². The summed E-state index contributed by atoms with van der Waals surface area (Å²) in [5.41, 5.74) is 0.746. The zero-order valence-electron chi connectivity index (χ0n) is 14.0. The first-order valence-electron chi connectivity index (χ1n) is 8.01. The highest BCUT2D eigenvalue weighted by atomic mass is 32.2. The van der Waals surface area contributed by atoms with Gasteiger partial charge in [0.15, 0.2) is 15.0 Å². The molecule has 2 fully saturated rings. The van der Waals surface area contributed by atoms with Gasteiger partial charge in [-0.25, -0.2) is 12.8 Å². The number of fused-ring (bicyclic) bond motifs is 1. The van der Waals surface area contributed by atoms with Crippen molar-refractivity contribution in [3.05, 3.63) is 35.6 Å². The Balaban J connectivity index is 1.77. The van der Waals surface area contributed by atoms with Gasteiger partial charge in [0.25, 0.3) is 5.91 Å². The molecule has 2 aliphatic heterocycles. The number of halogens is 1. The molecule has 2 atom stereocenters. The highest BCUT2D eigenvalue weighted by Crippen LogP contribution is 2.39. The van der Waals surface area contributed by atoms with E-state index in [2.05, 4.69) is 9.73 Å². The van der Waals surface area contributed by atoms with E-state index in [1.165, 1.54) is 23.9 Å². The van der Waals surface area contributed by atoms with Crippen LogP contribution in [0.2, 0.25) is 0 Å². The largest absolute Gasteiger partial charge is 0.548 e. The number of sulfone groups is 1. The Kier molecular flexibility index (Phi) is 5.82. The Morgan fingerprint density at radius 2 is 1.96 bits per heavy atom. The van der Waals surface area contributed by atoms with E-state index >= 15 is 0 Å². The molecule has 0 bridgehead atoms. The van der Waals surface area contributed by atoms with Crippen molar-refractivity contribution in [2.45, 2.75) is 17.8 Å². The maximum atomic E-state index is 13.1. The first-order valence-corrected chi connectivity index (χ1v) is 10.7. The van der Waals surface area contributed by atoms with Crippen LogP contribution in [0.15, 0.2) is 29.3 Å². The van der Waals surface area contributed by atoms with E-state index in [-0.39, 0.29) is 35.2 Å². The highest BCUT2D eigenvalue weighted by Gasteiger charge is 2.48. The van der Waals surface area contributed by atoms with Crippen LogP contribution in [0.1, 0.15) is 5.56 Å². The minimum absolute atomic E-state index is 0.00333. The highest BCUT2D eigenvalue weighted by molar-refractivity contribution is 8.15. The lowest BCUT2D eigenvalue weighted by atomic mass is 10.1. The predicted molar refractivity (Wildman–Crippen MR) is 94.0 cm³/mol. The quantitative estimate of drug-likeness (QED) is 0.592. The lowest BCUT2D eigenvalue weighted by molar-refractivity contribution is -0.309. The molecule has 27 heavy (non-hydrogen) atoms. The van der Waals surface area contributed by atoms with Crippen molar-refractivity contribution in [2.24, 2.45) is 4.99 Å². The van der Waals surface area contributed by atoms with E-state index in [1.54, 1.807) is 17.0 Å². The van der Waals surface area contributed by atoms with Crippen molar-refractivity contribution >= 4 is 38.6 Å². The topological polar surface area (TPSA) is 116 Å². The molecule has 0 spiro atoms. The van der Waals surface area contributed by atoms with Gasteiger partial charge in [-0.1, -0.05) is 23.9 Å². The monoisotopic (exact) mass is 415 g/mol. The fourth-order valence-electron chi connectivity index (χ4n) is 2.97. The summed E-state index contributed by atoms with van der Waals surface area (Å²) >= 11 is 1.20. The number of nitrogens with zero attached hydrogens (tertiary/aromatic N) is 2. The first-order chi connectivity index (χ1) is 12.7. The van der Waals surface area contributed by atoms with Crippen LogP contribution in [-0.4, -0.2) is 66.4 Å². The molecule has 3 rings (SSSR count). The summed E-state index contributed by atoms with van der Waals surface area (Å²) in [5, 5.41) is 10.4. The van der Waals surface area contributed by atoms with Crippen LogP contribution in [0.4, 0.5) is 4.39 Å². The predicted octanol–water partition coefficient (Wildman–Crippen LogP) is -0.811. The molecular formula is C16H16FN2O6S2-. The van der Waals surface area contributed by atoms with Crippen molar-refractivity contribution in [1.82, 2.24) is 4.90 Å². The molecule has 8 nitrogen and oxygen atoms in total. The smallest absolute Gasteiger partial charge is 0.274 e. The van der Waals surface area contributed by atoms with Gasteiger partial charge in [-0.15, -0.1) is 0 Å². The number of aliphatic carboxylic acids is 1. The standard InChI is InChI=1S/C16H17FN2O6S2/c17-11-3-1-10(2-4-11)5-19-12-8-27(23,24)9-13(12)26-16(19)18-14(20)6-25-7-15(21)22/h1-4,12-13H,5-9H2,(H,21,22)/p-1/t12-,13-/m0/s1. The number of rotatable bonds is 6. The zero-order chi connectivity index (χ0) is 19.6. The Bertz CT molecular complexity index is 871. The van der Waals surface area contributed by atoms with Gasteiger partial charge in [-0.2, -0.15) is 4.99 Å². The molecule has 1 amide bonds. The summed E-state index contributed by atoms with van der Waals surface area (Å²) in [7, 11) is -3.17. The van der Waals surface area contributed by atoms with Gasteiger partial charge in [0, 0.05) is 11.8 Å². The first kappa shape index (κ1) is 19.8. The number of hydrogen-bond donors (Lipinski definition) is 0. The van der Waals surface area contributed by atoms with Crippen LogP contribution >= 0.6 is 11.8 Å². The molecule has 0 N–H and O–H groups in total. The fourth-order valence-corrected chi connectivity index (χ4v) is 6.94. The molecule has 0 unspecified atom stereocenters. The molecule has 0 radical (unpaired) electrons. The number of carboxylic acids is 1. The molecule has 1 aromatic carbocycles. The molecule has 0 saturated carbocycles. The Morgan fingerprint density at radius 1 is 1.26 bits per heavy atom. The average Bonchev–Trinajstić information content (AvgIpc) is 3.02. The van der Waals surface area contributed by atoms with Crippen molar-refractivity contribution < 1.29 is 32.2 Å². The van der Waals surface area contributed by atoms with Gasteiger partial charge >= 0.3 is 0 Å². The number of carboxylic acid groups (broad SMARTS) is 1. The van der Waals surface area contributed by atoms with E-state index in [4.69, 9.17) is 0 Å². The summed E-state index contributed by atoms with van der Waals surface area (Å²) in [6, 6.07) is 5.44. The molecule has 1 aromatic rings. The van der Waals surface area contributed by atoms with Crippen LogP contribution < -0.4 is 5.11 Å². The number of carbonyl (C=O) groups excluding carboxylic acids is 2. The maximum absolute atomic E-state index is 13.1. The van der Waals surface area contributed by atoms with Gasteiger partial charge in [-0.05, 0) is 17.7 Å². The van der Waals surface area contributed by atoms with Gasteiger partial charge in [0.1, 0.15) is 12.4 Å². The number of thioether (sulfide) groups is 1. The van der Waals surface area contributed by atoms with E-state index in [0.29, 0.717) is 5.17 Å². The van der Waals surface area contributed by atoms with E-state index in [1.807, 2.05) is 0 Å². The minimum Gasteiger partial charge on any atom is -0.548 e. The maximum Gasteiger partial charge on any atom is 0.274 e. The third-order valence-electron chi connectivity index (χ3n) is 4.11. The Morgan fingerprint density at radius 3 is 2.63 bits per heavy atom. The lowest BCUT2D eigenvalue weighted by Gasteiger charge is -2.24. The number of benzene rings is 1. The van der Waals surface area contributed by atoms with Crippen LogP contribution in [0, 0.1) is 5.82 Å². The Labute approximate surface area is 159 Å². The van der Waals surface area contributed by atoms with E-state index < -0.39 is 34.9 Å². The summed E-state index contributed by atoms with van der Waals surface area (Å²) < 4.78 is 41.7.